The van der Waals surface area contributed by atoms with Gasteiger partial charge in [0.25, 0.3) is 0 Å². The molecule has 0 saturated heterocycles. The summed E-state index contributed by atoms with van der Waals surface area (Å²) in [4.78, 5) is 4.55. The molecule has 1 fully saturated rings. The molecule has 0 bridgehead atoms. The summed E-state index contributed by atoms with van der Waals surface area (Å²) in [5.41, 5.74) is 3.00. The summed E-state index contributed by atoms with van der Waals surface area (Å²) in [6, 6.07) is 8.76. The van der Waals surface area contributed by atoms with Crippen molar-refractivity contribution in [3.63, 3.8) is 0 Å². The SMILES string of the molecule is Cc1nc2cc(C3(C#N)CC3(C)C)ccc2n1C. The lowest BCUT2D eigenvalue weighted by molar-refractivity contribution is 0.570. The van der Waals surface area contributed by atoms with Gasteiger partial charge in [0, 0.05) is 7.05 Å². The van der Waals surface area contributed by atoms with Gasteiger partial charge in [-0.15, -0.1) is 0 Å². The van der Waals surface area contributed by atoms with Crippen LogP contribution in [0.4, 0.5) is 0 Å². The van der Waals surface area contributed by atoms with E-state index in [0.29, 0.717) is 0 Å². The minimum absolute atomic E-state index is 0.0826. The fraction of sp³-hybridized carbons (Fsp3) is 0.467. The lowest BCUT2D eigenvalue weighted by Gasteiger charge is -2.12. The van der Waals surface area contributed by atoms with E-state index in [1.165, 1.54) is 0 Å². The summed E-state index contributed by atoms with van der Waals surface area (Å²) >= 11 is 0. The zero-order valence-electron chi connectivity index (χ0n) is 11.3. The second kappa shape index (κ2) is 3.14. The molecule has 1 atom stereocenters. The highest BCUT2D eigenvalue weighted by Crippen LogP contribution is 2.64. The van der Waals surface area contributed by atoms with Gasteiger partial charge in [-0.25, -0.2) is 4.98 Å². The van der Waals surface area contributed by atoms with Gasteiger partial charge in [0.05, 0.1) is 22.5 Å². The summed E-state index contributed by atoms with van der Waals surface area (Å²) in [5.74, 6) is 1.00. The molecular weight excluding hydrogens is 222 g/mol. The number of fused-ring (bicyclic) bond motifs is 1. The van der Waals surface area contributed by atoms with Crippen molar-refractivity contribution in [3.8, 4) is 6.07 Å². The van der Waals surface area contributed by atoms with Crippen LogP contribution in [0.3, 0.4) is 0 Å². The van der Waals surface area contributed by atoms with Crippen molar-refractivity contribution in [2.75, 3.05) is 0 Å². The van der Waals surface area contributed by atoms with Crippen molar-refractivity contribution in [2.24, 2.45) is 12.5 Å². The number of hydrogen-bond acceptors (Lipinski definition) is 2. The second-order valence-corrected chi connectivity index (χ2v) is 6.00. The van der Waals surface area contributed by atoms with Crippen LogP contribution >= 0.6 is 0 Å². The molecule has 0 radical (unpaired) electrons. The Balaban J connectivity index is 2.19. The topological polar surface area (TPSA) is 41.6 Å². The van der Waals surface area contributed by atoms with Gasteiger partial charge < -0.3 is 4.57 Å². The highest BCUT2D eigenvalue weighted by atomic mass is 15.0. The first-order valence-electron chi connectivity index (χ1n) is 6.26. The lowest BCUT2D eigenvalue weighted by atomic mass is 9.89. The van der Waals surface area contributed by atoms with E-state index in [4.69, 9.17) is 0 Å². The van der Waals surface area contributed by atoms with Crippen LogP contribution in [0.15, 0.2) is 18.2 Å². The normalized spacial score (nSPS) is 25.1. The molecule has 0 N–H and O–H groups in total. The first-order chi connectivity index (χ1) is 8.41. The van der Waals surface area contributed by atoms with Crippen molar-refractivity contribution < 1.29 is 0 Å². The largest absolute Gasteiger partial charge is 0.331 e. The molecule has 1 aromatic heterocycles. The number of aromatic nitrogens is 2. The molecule has 1 aliphatic carbocycles. The van der Waals surface area contributed by atoms with Crippen molar-refractivity contribution in [1.29, 1.82) is 5.26 Å². The summed E-state index contributed by atoms with van der Waals surface area (Å²) in [6.45, 7) is 6.31. The number of nitrogens with zero attached hydrogens (tertiary/aromatic N) is 3. The standard InChI is InChI=1S/C15H17N3/c1-10-17-12-7-11(5-6-13(12)18(10)4)15(9-16)8-14(15,2)3/h5-7H,8H2,1-4H3. The molecular formula is C15H17N3. The summed E-state index contributed by atoms with van der Waals surface area (Å²) < 4.78 is 2.08. The Bertz CT molecular complexity index is 688. The number of benzene rings is 1. The Kier molecular flexibility index (Phi) is 1.97. The quantitative estimate of drug-likeness (QED) is 0.767. The smallest absolute Gasteiger partial charge is 0.106 e. The van der Waals surface area contributed by atoms with E-state index in [9.17, 15) is 5.26 Å². The average Bonchev–Trinajstić information content (AvgIpc) is 2.80. The van der Waals surface area contributed by atoms with Gasteiger partial charge in [-0.1, -0.05) is 19.9 Å². The van der Waals surface area contributed by atoms with Gasteiger partial charge in [0.1, 0.15) is 5.82 Å². The van der Waals surface area contributed by atoms with Crippen LogP contribution in [0.1, 0.15) is 31.7 Å². The van der Waals surface area contributed by atoms with E-state index in [-0.39, 0.29) is 10.8 Å². The number of aryl methyl sites for hydroxylation is 2. The maximum atomic E-state index is 9.50. The van der Waals surface area contributed by atoms with Gasteiger partial charge in [0.15, 0.2) is 0 Å². The van der Waals surface area contributed by atoms with Crippen molar-refractivity contribution in [1.82, 2.24) is 9.55 Å². The molecule has 0 amide bonds. The zero-order chi connectivity index (χ0) is 13.1. The predicted molar refractivity (Wildman–Crippen MR) is 71.1 cm³/mol. The minimum Gasteiger partial charge on any atom is -0.331 e. The molecule has 3 nitrogen and oxygen atoms in total. The van der Waals surface area contributed by atoms with Crippen molar-refractivity contribution in [3.05, 3.63) is 29.6 Å². The summed E-state index contributed by atoms with van der Waals surface area (Å²) in [6.07, 6.45) is 0.938. The number of rotatable bonds is 1. The Morgan fingerprint density at radius 3 is 2.61 bits per heavy atom. The van der Waals surface area contributed by atoms with Gasteiger partial charge in [-0.05, 0) is 36.5 Å². The Labute approximate surface area is 107 Å². The van der Waals surface area contributed by atoms with E-state index >= 15 is 0 Å². The van der Waals surface area contributed by atoms with E-state index in [0.717, 1.165) is 28.8 Å². The number of imidazole rings is 1. The predicted octanol–water partition coefficient (Wildman–Crippen LogP) is 3.07. The highest BCUT2D eigenvalue weighted by Gasteiger charge is 2.63. The second-order valence-electron chi connectivity index (χ2n) is 6.00. The molecule has 1 unspecified atom stereocenters. The van der Waals surface area contributed by atoms with E-state index < -0.39 is 0 Å². The Morgan fingerprint density at radius 1 is 1.39 bits per heavy atom. The van der Waals surface area contributed by atoms with Gasteiger partial charge in [-0.3, -0.25) is 0 Å². The maximum absolute atomic E-state index is 9.50. The van der Waals surface area contributed by atoms with Crippen LogP contribution in [0.5, 0.6) is 0 Å². The van der Waals surface area contributed by atoms with E-state index in [2.05, 4.69) is 47.7 Å². The van der Waals surface area contributed by atoms with E-state index in [1.807, 2.05) is 14.0 Å². The zero-order valence-corrected chi connectivity index (χ0v) is 11.3. The number of hydrogen-bond donors (Lipinski definition) is 0. The molecule has 1 aromatic carbocycles. The lowest BCUT2D eigenvalue weighted by Crippen LogP contribution is -2.11. The fourth-order valence-electron chi connectivity index (χ4n) is 2.95. The molecule has 3 heteroatoms. The van der Waals surface area contributed by atoms with Crippen LogP contribution in [0.2, 0.25) is 0 Å². The third-order valence-corrected chi connectivity index (χ3v) is 4.53. The third kappa shape index (κ3) is 1.21. The first-order valence-corrected chi connectivity index (χ1v) is 6.26. The van der Waals surface area contributed by atoms with Crippen molar-refractivity contribution >= 4 is 11.0 Å². The molecule has 2 aromatic rings. The molecule has 18 heavy (non-hydrogen) atoms. The van der Waals surface area contributed by atoms with Gasteiger partial charge in [-0.2, -0.15) is 5.26 Å². The van der Waals surface area contributed by atoms with Crippen LogP contribution in [0.25, 0.3) is 11.0 Å². The van der Waals surface area contributed by atoms with Crippen LogP contribution < -0.4 is 0 Å². The van der Waals surface area contributed by atoms with Crippen LogP contribution in [-0.2, 0) is 12.5 Å². The first kappa shape index (κ1) is 11.3. The fourth-order valence-corrected chi connectivity index (χ4v) is 2.95. The van der Waals surface area contributed by atoms with Crippen LogP contribution in [-0.4, -0.2) is 9.55 Å². The summed E-state index contributed by atoms with van der Waals surface area (Å²) in [5, 5.41) is 9.50. The molecule has 92 valence electrons. The van der Waals surface area contributed by atoms with Gasteiger partial charge in [0.2, 0.25) is 0 Å². The van der Waals surface area contributed by atoms with Crippen LogP contribution in [0, 0.1) is 23.7 Å². The van der Waals surface area contributed by atoms with Crippen molar-refractivity contribution in [2.45, 2.75) is 32.6 Å². The average molecular weight is 239 g/mol. The molecule has 3 rings (SSSR count). The monoisotopic (exact) mass is 239 g/mol. The molecule has 1 aliphatic rings. The number of nitriles is 1. The molecule has 1 heterocycles. The minimum atomic E-state index is -0.313. The summed E-state index contributed by atoms with van der Waals surface area (Å²) in [7, 11) is 2.02. The Morgan fingerprint density at radius 2 is 2.06 bits per heavy atom. The molecule has 0 spiro atoms. The molecule has 0 aliphatic heterocycles. The van der Waals surface area contributed by atoms with E-state index in [1.54, 1.807) is 0 Å². The maximum Gasteiger partial charge on any atom is 0.106 e. The third-order valence-electron chi connectivity index (χ3n) is 4.53. The molecule has 1 saturated carbocycles. The highest BCUT2D eigenvalue weighted by molar-refractivity contribution is 5.77. The Hall–Kier alpha value is -1.82. The van der Waals surface area contributed by atoms with Gasteiger partial charge >= 0.3 is 0 Å².